The van der Waals surface area contributed by atoms with Gasteiger partial charge in [0.15, 0.2) is 0 Å². The van der Waals surface area contributed by atoms with Crippen LogP contribution < -0.4 is 5.73 Å². The maximum atomic E-state index is 10.3. The maximum Gasteiger partial charge on any atom is 0.320 e. The summed E-state index contributed by atoms with van der Waals surface area (Å²) in [7, 11) is 0. The van der Waals surface area contributed by atoms with Gasteiger partial charge in [-0.1, -0.05) is 24.3 Å². The topological polar surface area (TPSA) is 63.3 Å². The third kappa shape index (κ3) is 2.20. The molecule has 60 valence electrons. The van der Waals surface area contributed by atoms with Gasteiger partial charge in [-0.3, -0.25) is 4.79 Å². The van der Waals surface area contributed by atoms with Crippen molar-refractivity contribution in [2.45, 2.75) is 12.5 Å². The van der Waals surface area contributed by atoms with Crippen molar-refractivity contribution in [2.75, 3.05) is 0 Å². The molecule has 0 aliphatic heterocycles. The van der Waals surface area contributed by atoms with Crippen LogP contribution in [0, 0.1) is 5.92 Å². The summed E-state index contributed by atoms with van der Waals surface area (Å²) in [6, 6.07) is -0.743. The molecule has 11 heavy (non-hydrogen) atoms. The number of allylic oxidation sites excluding steroid dienone is 4. The van der Waals surface area contributed by atoms with Crippen LogP contribution in [0.4, 0.5) is 0 Å². The van der Waals surface area contributed by atoms with E-state index in [2.05, 4.69) is 0 Å². The first-order chi connectivity index (χ1) is 5.20. The van der Waals surface area contributed by atoms with Crippen LogP contribution in [-0.4, -0.2) is 17.1 Å². The number of rotatable bonds is 3. The molecular formula is C8H11NO2. The molecule has 0 radical (unpaired) electrons. The Morgan fingerprint density at radius 1 is 1.55 bits per heavy atom. The number of carboxylic acids is 1. The number of hydrogen-bond acceptors (Lipinski definition) is 2. The molecule has 1 atom stereocenters. The molecule has 1 aliphatic rings. The lowest BCUT2D eigenvalue weighted by Crippen LogP contribution is -2.31. The highest BCUT2D eigenvalue weighted by molar-refractivity contribution is 5.73. The predicted octanol–water partition coefficient (Wildman–Crippen LogP) is 0.531. The zero-order valence-electron chi connectivity index (χ0n) is 6.10. The van der Waals surface area contributed by atoms with E-state index in [4.69, 9.17) is 10.8 Å². The van der Waals surface area contributed by atoms with Gasteiger partial charge in [-0.2, -0.15) is 0 Å². The molecule has 0 aromatic heterocycles. The van der Waals surface area contributed by atoms with Crippen LogP contribution in [0.5, 0.6) is 0 Å². The van der Waals surface area contributed by atoms with Crippen molar-refractivity contribution >= 4 is 5.97 Å². The van der Waals surface area contributed by atoms with E-state index in [1.165, 1.54) is 0 Å². The summed E-state index contributed by atoms with van der Waals surface area (Å²) in [6.45, 7) is 0. The van der Waals surface area contributed by atoms with Crippen LogP contribution in [-0.2, 0) is 4.79 Å². The Morgan fingerprint density at radius 2 is 2.09 bits per heavy atom. The number of nitrogens with two attached hydrogens (primary N) is 1. The average Bonchev–Trinajstić information content (AvgIpc) is 2.39. The molecule has 0 saturated carbocycles. The van der Waals surface area contributed by atoms with Crippen molar-refractivity contribution in [3.8, 4) is 0 Å². The van der Waals surface area contributed by atoms with Crippen LogP contribution in [0.2, 0.25) is 0 Å². The third-order valence-electron chi connectivity index (χ3n) is 1.67. The number of hydrogen-bond donors (Lipinski definition) is 2. The molecule has 0 aromatic rings. The van der Waals surface area contributed by atoms with E-state index < -0.39 is 12.0 Å². The molecular weight excluding hydrogens is 142 g/mol. The van der Waals surface area contributed by atoms with Crippen molar-refractivity contribution in [1.29, 1.82) is 0 Å². The van der Waals surface area contributed by atoms with Crippen LogP contribution >= 0.6 is 0 Å². The van der Waals surface area contributed by atoms with E-state index in [0.717, 1.165) is 0 Å². The fourth-order valence-electron chi connectivity index (χ4n) is 1.03. The van der Waals surface area contributed by atoms with Crippen molar-refractivity contribution in [3.63, 3.8) is 0 Å². The molecule has 3 N–H and O–H groups in total. The zero-order chi connectivity index (χ0) is 8.27. The highest BCUT2D eigenvalue weighted by atomic mass is 16.4. The van der Waals surface area contributed by atoms with Crippen LogP contribution in [0.3, 0.4) is 0 Å². The smallest absolute Gasteiger partial charge is 0.320 e. The Kier molecular flexibility index (Phi) is 2.44. The summed E-state index contributed by atoms with van der Waals surface area (Å²) < 4.78 is 0. The molecule has 0 heterocycles. The van der Waals surface area contributed by atoms with E-state index in [1.807, 2.05) is 24.3 Å². The summed E-state index contributed by atoms with van der Waals surface area (Å²) in [5.74, 6) is -0.722. The molecule has 0 fully saturated rings. The normalized spacial score (nSPS) is 19.0. The van der Waals surface area contributed by atoms with Gasteiger partial charge in [0.1, 0.15) is 6.04 Å². The van der Waals surface area contributed by atoms with E-state index in [9.17, 15) is 4.79 Å². The monoisotopic (exact) mass is 153 g/mol. The minimum atomic E-state index is -0.932. The SMILES string of the molecule is N[C@@H](CC1C=CC=C1)C(=O)O. The average molecular weight is 153 g/mol. The highest BCUT2D eigenvalue weighted by Crippen LogP contribution is 2.14. The second kappa shape index (κ2) is 3.34. The largest absolute Gasteiger partial charge is 0.480 e. The third-order valence-corrected chi connectivity index (χ3v) is 1.67. The summed E-state index contributed by atoms with van der Waals surface area (Å²) in [4.78, 5) is 10.3. The van der Waals surface area contributed by atoms with Crippen LogP contribution in [0.25, 0.3) is 0 Å². The molecule has 0 unspecified atom stereocenters. The number of aliphatic carboxylic acids is 1. The van der Waals surface area contributed by atoms with Gasteiger partial charge in [0.2, 0.25) is 0 Å². The quantitative estimate of drug-likeness (QED) is 0.621. The van der Waals surface area contributed by atoms with Crippen molar-refractivity contribution in [2.24, 2.45) is 11.7 Å². The second-order valence-electron chi connectivity index (χ2n) is 2.61. The Hall–Kier alpha value is -1.09. The standard InChI is InChI=1S/C8H11NO2/c9-7(8(10)11)5-6-3-1-2-4-6/h1-4,6-7H,5,9H2,(H,10,11)/t7-/m0/s1. The number of carbonyl (C=O) groups is 1. The summed E-state index contributed by atoms with van der Waals surface area (Å²) >= 11 is 0. The lowest BCUT2D eigenvalue weighted by molar-refractivity contribution is -0.138. The van der Waals surface area contributed by atoms with Crippen molar-refractivity contribution in [1.82, 2.24) is 0 Å². The molecule has 1 rings (SSSR count). The van der Waals surface area contributed by atoms with Crippen LogP contribution in [0.15, 0.2) is 24.3 Å². The summed E-state index contributed by atoms with van der Waals surface area (Å²) in [6.07, 6.45) is 8.19. The van der Waals surface area contributed by atoms with Gasteiger partial charge in [-0.15, -0.1) is 0 Å². The summed E-state index contributed by atoms with van der Waals surface area (Å²) in [5, 5.41) is 8.47. The molecule has 0 spiro atoms. The minimum Gasteiger partial charge on any atom is -0.480 e. The predicted molar refractivity (Wildman–Crippen MR) is 42.0 cm³/mol. The molecule has 3 nitrogen and oxygen atoms in total. The fourth-order valence-corrected chi connectivity index (χ4v) is 1.03. The number of carboxylic acid groups (broad SMARTS) is 1. The van der Waals surface area contributed by atoms with E-state index in [-0.39, 0.29) is 5.92 Å². The lowest BCUT2D eigenvalue weighted by Gasteiger charge is -2.08. The van der Waals surface area contributed by atoms with E-state index in [0.29, 0.717) is 6.42 Å². The Balaban J connectivity index is 2.36. The molecule has 0 amide bonds. The summed E-state index contributed by atoms with van der Waals surface area (Å²) in [5.41, 5.74) is 5.33. The van der Waals surface area contributed by atoms with Crippen molar-refractivity contribution in [3.05, 3.63) is 24.3 Å². The zero-order valence-corrected chi connectivity index (χ0v) is 6.10. The van der Waals surface area contributed by atoms with Gasteiger partial charge in [0, 0.05) is 0 Å². The Labute approximate surface area is 65.2 Å². The molecule has 1 aliphatic carbocycles. The van der Waals surface area contributed by atoms with Gasteiger partial charge >= 0.3 is 5.97 Å². The lowest BCUT2D eigenvalue weighted by atomic mass is 10.0. The van der Waals surface area contributed by atoms with Gasteiger partial charge in [-0.25, -0.2) is 0 Å². The first-order valence-corrected chi connectivity index (χ1v) is 3.53. The Morgan fingerprint density at radius 3 is 2.55 bits per heavy atom. The van der Waals surface area contributed by atoms with Gasteiger partial charge in [0.25, 0.3) is 0 Å². The molecule has 0 saturated heterocycles. The minimum absolute atomic E-state index is 0.209. The highest BCUT2D eigenvalue weighted by Gasteiger charge is 2.15. The van der Waals surface area contributed by atoms with E-state index in [1.54, 1.807) is 0 Å². The molecule has 0 aromatic carbocycles. The van der Waals surface area contributed by atoms with Gasteiger partial charge in [0.05, 0.1) is 0 Å². The fraction of sp³-hybridized carbons (Fsp3) is 0.375. The molecule has 3 heteroatoms. The van der Waals surface area contributed by atoms with E-state index >= 15 is 0 Å². The molecule has 0 bridgehead atoms. The maximum absolute atomic E-state index is 10.3. The second-order valence-corrected chi connectivity index (χ2v) is 2.61. The first kappa shape index (κ1) is 8.01. The van der Waals surface area contributed by atoms with Crippen LogP contribution in [0.1, 0.15) is 6.42 Å². The van der Waals surface area contributed by atoms with Gasteiger partial charge in [-0.05, 0) is 12.3 Å². The van der Waals surface area contributed by atoms with Gasteiger partial charge < -0.3 is 10.8 Å². The first-order valence-electron chi connectivity index (χ1n) is 3.53. The van der Waals surface area contributed by atoms with Crippen molar-refractivity contribution < 1.29 is 9.90 Å². The Bertz CT molecular complexity index is 196.